The van der Waals surface area contributed by atoms with E-state index >= 15 is 0 Å². The van der Waals surface area contributed by atoms with Gasteiger partial charge in [-0.25, -0.2) is 4.39 Å². The monoisotopic (exact) mass is 177 g/mol. The van der Waals surface area contributed by atoms with Crippen LogP contribution in [0.5, 0.6) is 0 Å². The van der Waals surface area contributed by atoms with Gasteiger partial charge in [0.2, 0.25) is 0 Å². The summed E-state index contributed by atoms with van der Waals surface area (Å²) in [6.07, 6.45) is 4.19. The average Bonchev–Trinajstić information content (AvgIpc) is 2.62. The molecule has 0 aromatic heterocycles. The molecule has 0 N–H and O–H groups in total. The first-order chi connectivity index (χ1) is 6.27. The van der Waals surface area contributed by atoms with Gasteiger partial charge in [-0.2, -0.15) is 0 Å². The highest BCUT2D eigenvalue weighted by atomic mass is 19.1. The molecule has 0 saturated heterocycles. The Morgan fingerprint density at radius 3 is 2.54 bits per heavy atom. The summed E-state index contributed by atoms with van der Waals surface area (Å²) in [5.41, 5.74) is 1.67. The number of hydrogen-bond donors (Lipinski definition) is 0. The lowest BCUT2D eigenvalue weighted by Crippen LogP contribution is -2.18. The summed E-state index contributed by atoms with van der Waals surface area (Å²) in [4.78, 5) is 2.13. The number of halogens is 1. The second kappa shape index (κ2) is 3.21. The largest absolute Gasteiger partial charge is 0.364 e. The van der Waals surface area contributed by atoms with Crippen molar-refractivity contribution in [1.82, 2.24) is 0 Å². The lowest BCUT2D eigenvalue weighted by Gasteiger charge is -2.17. The van der Waals surface area contributed by atoms with Gasteiger partial charge in [-0.1, -0.05) is 18.2 Å². The third-order valence-electron chi connectivity index (χ3n) is 2.34. The van der Waals surface area contributed by atoms with E-state index in [-0.39, 0.29) is 5.82 Å². The molecule has 2 heteroatoms. The summed E-state index contributed by atoms with van der Waals surface area (Å²) in [6, 6.07) is 5.39. The van der Waals surface area contributed by atoms with Crippen molar-refractivity contribution in [3.8, 4) is 0 Å². The smallest absolute Gasteiger partial charge is 0.128 e. The molecule has 0 amide bonds. The number of hydrogen-bond acceptors (Lipinski definition) is 1. The SMILES string of the molecule is Cc1ccc(N2CC=CC2)cc1F. The molecule has 1 aromatic carbocycles. The zero-order valence-electron chi connectivity index (χ0n) is 7.63. The van der Waals surface area contributed by atoms with E-state index < -0.39 is 0 Å². The molecule has 0 bridgehead atoms. The molecule has 0 unspecified atom stereocenters. The van der Waals surface area contributed by atoms with E-state index in [1.165, 1.54) is 0 Å². The molecule has 2 rings (SSSR count). The first kappa shape index (κ1) is 8.30. The van der Waals surface area contributed by atoms with Crippen LogP contribution in [-0.2, 0) is 0 Å². The molecule has 0 radical (unpaired) electrons. The number of benzene rings is 1. The first-order valence-corrected chi connectivity index (χ1v) is 4.43. The topological polar surface area (TPSA) is 3.24 Å². The average molecular weight is 177 g/mol. The molecule has 13 heavy (non-hydrogen) atoms. The van der Waals surface area contributed by atoms with Gasteiger partial charge in [0.25, 0.3) is 0 Å². The molecule has 1 aliphatic rings. The minimum Gasteiger partial charge on any atom is -0.364 e. The maximum atomic E-state index is 13.2. The van der Waals surface area contributed by atoms with Crippen LogP contribution in [0.15, 0.2) is 30.4 Å². The molecule has 0 saturated carbocycles. The maximum Gasteiger partial charge on any atom is 0.128 e. The van der Waals surface area contributed by atoms with Crippen LogP contribution in [0, 0.1) is 12.7 Å². The number of anilines is 1. The van der Waals surface area contributed by atoms with Crippen LogP contribution in [-0.4, -0.2) is 13.1 Å². The standard InChI is InChI=1S/C11H12FN/c1-9-4-5-10(8-11(9)12)13-6-2-3-7-13/h2-5,8H,6-7H2,1H3. The molecule has 1 aromatic rings. The highest BCUT2D eigenvalue weighted by Gasteiger charge is 2.08. The molecule has 0 fully saturated rings. The van der Waals surface area contributed by atoms with E-state index in [9.17, 15) is 4.39 Å². The predicted octanol–water partition coefficient (Wildman–Crippen LogP) is 2.51. The zero-order valence-corrected chi connectivity index (χ0v) is 7.63. The maximum absolute atomic E-state index is 13.2. The van der Waals surface area contributed by atoms with Gasteiger partial charge in [0.15, 0.2) is 0 Å². The van der Waals surface area contributed by atoms with Crippen molar-refractivity contribution in [3.63, 3.8) is 0 Å². The highest BCUT2D eigenvalue weighted by molar-refractivity contribution is 5.50. The van der Waals surface area contributed by atoms with E-state index in [0.717, 1.165) is 18.8 Å². The van der Waals surface area contributed by atoms with E-state index in [1.807, 2.05) is 12.1 Å². The van der Waals surface area contributed by atoms with Crippen molar-refractivity contribution in [2.75, 3.05) is 18.0 Å². The molecule has 68 valence electrons. The summed E-state index contributed by atoms with van der Waals surface area (Å²) in [7, 11) is 0. The molecular formula is C11H12FN. The van der Waals surface area contributed by atoms with Crippen LogP contribution in [0.2, 0.25) is 0 Å². The molecule has 1 aliphatic heterocycles. The van der Waals surface area contributed by atoms with Crippen molar-refractivity contribution in [3.05, 3.63) is 41.7 Å². The van der Waals surface area contributed by atoms with Gasteiger partial charge >= 0.3 is 0 Å². The van der Waals surface area contributed by atoms with Crippen molar-refractivity contribution in [2.24, 2.45) is 0 Å². The van der Waals surface area contributed by atoms with Crippen LogP contribution in [0.4, 0.5) is 10.1 Å². The van der Waals surface area contributed by atoms with Crippen LogP contribution < -0.4 is 4.90 Å². The van der Waals surface area contributed by atoms with E-state index in [2.05, 4.69) is 17.1 Å². The fourth-order valence-corrected chi connectivity index (χ4v) is 1.47. The summed E-state index contributed by atoms with van der Waals surface area (Å²) < 4.78 is 13.2. The lowest BCUT2D eigenvalue weighted by atomic mass is 10.2. The van der Waals surface area contributed by atoms with Gasteiger partial charge in [0, 0.05) is 18.8 Å². The summed E-state index contributed by atoms with van der Waals surface area (Å²) in [6.45, 7) is 3.56. The Kier molecular flexibility index (Phi) is 2.05. The van der Waals surface area contributed by atoms with Gasteiger partial charge < -0.3 is 4.90 Å². The van der Waals surface area contributed by atoms with Gasteiger partial charge in [0.05, 0.1) is 0 Å². The minimum absolute atomic E-state index is 0.121. The molecule has 1 heterocycles. The van der Waals surface area contributed by atoms with E-state index in [4.69, 9.17) is 0 Å². The van der Waals surface area contributed by atoms with Crippen molar-refractivity contribution >= 4 is 5.69 Å². The Hall–Kier alpha value is -1.31. The van der Waals surface area contributed by atoms with Gasteiger partial charge in [0.1, 0.15) is 5.82 Å². The third-order valence-corrected chi connectivity index (χ3v) is 2.34. The lowest BCUT2D eigenvalue weighted by molar-refractivity contribution is 0.618. The number of rotatable bonds is 1. The van der Waals surface area contributed by atoms with Gasteiger partial charge in [-0.15, -0.1) is 0 Å². The van der Waals surface area contributed by atoms with Crippen LogP contribution in [0.25, 0.3) is 0 Å². The van der Waals surface area contributed by atoms with Crippen LogP contribution >= 0.6 is 0 Å². The number of nitrogens with zero attached hydrogens (tertiary/aromatic N) is 1. The summed E-state index contributed by atoms with van der Waals surface area (Å²) in [5.74, 6) is -0.121. The third kappa shape index (κ3) is 1.57. The van der Waals surface area contributed by atoms with Crippen molar-refractivity contribution in [1.29, 1.82) is 0 Å². The van der Waals surface area contributed by atoms with Crippen LogP contribution in [0.3, 0.4) is 0 Å². The van der Waals surface area contributed by atoms with Crippen molar-refractivity contribution in [2.45, 2.75) is 6.92 Å². The Morgan fingerprint density at radius 1 is 1.23 bits per heavy atom. The van der Waals surface area contributed by atoms with E-state index in [0.29, 0.717) is 5.56 Å². The summed E-state index contributed by atoms with van der Waals surface area (Å²) in [5, 5.41) is 0. The fraction of sp³-hybridized carbons (Fsp3) is 0.273. The normalized spacial score (nSPS) is 15.4. The second-order valence-electron chi connectivity index (χ2n) is 3.31. The molecule has 1 nitrogen and oxygen atoms in total. The highest BCUT2D eigenvalue weighted by Crippen LogP contribution is 2.19. The Bertz CT molecular complexity index is 336. The number of aryl methyl sites for hydroxylation is 1. The molecular weight excluding hydrogens is 165 g/mol. The Morgan fingerprint density at radius 2 is 1.92 bits per heavy atom. The Labute approximate surface area is 77.5 Å². The quantitative estimate of drug-likeness (QED) is 0.596. The molecule has 0 atom stereocenters. The van der Waals surface area contributed by atoms with Crippen LogP contribution in [0.1, 0.15) is 5.56 Å². The van der Waals surface area contributed by atoms with Gasteiger partial charge in [-0.05, 0) is 24.6 Å². The predicted molar refractivity (Wildman–Crippen MR) is 52.5 cm³/mol. The van der Waals surface area contributed by atoms with Crippen molar-refractivity contribution < 1.29 is 4.39 Å². The first-order valence-electron chi connectivity index (χ1n) is 4.43. The summed E-state index contributed by atoms with van der Waals surface area (Å²) >= 11 is 0. The second-order valence-corrected chi connectivity index (χ2v) is 3.31. The minimum atomic E-state index is -0.121. The van der Waals surface area contributed by atoms with E-state index in [1.54, 1.807) is 13.0 Å². The Balaban J connectivity index is 2.26. The zero-order chi connectivity index (χ0) is 9.26. The van der Waals surface area contributed by atoms with Gasteiger partial charge in [-0.3, -0.25) is 0 Å². The fourth-order valence-electron chi connectivity index (χ4n) is 1.47. The molecule has 0 spiro atoms. The molecule has 0 aliphatic carbocycles.